The number of aliphatic hydroxyl groups excluding tert-OH is 1. The highest BCUT2D eigenvalue weighted by atomic mass is 16.5. The van der Waals surface area contributed by atoms with E-state index in [1.54, 1.807) is 0 Å². The van der Waals surface area contributed by atoms with Crippen molar-refractivity contribution in [3.63, 3.8) is 0 Å². The Bertz CT molecular complexity index is 639. The van der Waals surface area contributed by atoms with Crippen molar-refractivity contribution < 1.29 is 9.84 Å². The zero-order valence-corrected chi connectivity index (χ0v) is 10.9. The maximum absolute atomic E-state index is 9.75. The Morgan fingerprint density at radius 1 is 1.47 bits per heavy atom. The molecule has 4 rings (SSSR count). The molecule has 2 unspecified atom stereocenters. The van der Waals surface area contributed by atoms with E-state index in [4.69, 9.17) is 4.74 Å². The summed E-state index contributed by atoms with van der Waals surface area (Å²) in [6.45, 7) is 2.27. The van der Waals surface area contributed by atoms with Gasteiger partial charge in [-0.15, -0.1) is 0 Å². The fourth-order valence-electron chi connectivity index (χ4n) is 3.00. The number of nitrogens with zero attached hydrogens (tertiary/aromatic N) is 3. The van der Waals surface area contributed by atoms with Gasteiger partial charge in [0, 0.05) is 26.6 Å². The monoisotopic (exact) mass is 259 g/mol. The number of hydrogen-bond donors (Lipinski definition) is 1. The number of ether oxygens (including phenoxy) is 1. The normalized spacial score (nSPS) is 30.2. The van der Waals surface area contributed by atoms with Gasteiger partial charge in [-0.25, -0.2) is 4.98 Å². The largest absolute Gasteiger partial charge is 0.390 e. The minimum Gasteiger partial charge on any atom is -0.390 e. The number of morpholine rings is 1. The van der Waals surface area contributed by atoms with E-state index in [9.17, 15) is 5.11 Å². The van der Waals surface area contributed by atoms with E-state index < -0.39 is 0 Å². The Balaban J connectivity index is 1.74. The zero-order chi connectivity index (χ0) is 13.0. The Hall–Kier alpha value is -1.59. The molecule has 0 bridgehead atoms. The molecule has 1 saturated carbocycles. The summed E-state index contributed by atoms with van der Waals surface area (Å²) in [5.74, 6) is 0. The molecule has 0 radical (unpaired) electrons. The van der Waals surface area contributed by atoms with E-state index in [1.807, 2.05) is 17.9 Å². The number of hydrogen-bond acceptors (Lipinski definition) is 4. The lowest BCUT2D eigenvalue weighted by atomic mass is 10.2. The van der Waals surface area contributed by atoms with Gasteiger partial charge in [0.1, 0.15) is 11.1 Å². The summed E-state index contributed by atoms with van der Waals surface area (Å²) in [5, 5.41) is 9.75. The van der Waals surface area contributed by atoms with Crippen molar-refractivity contribution in [1.82, 2.24) is 9.55 Å². The highest BCUT2D eigenvalue weighted by molar-refractivity contribution is 5.89. The second-order valence-electron chi connectivity index (χ2n) is 5.56. The van der Waals surface area contributed by atoms with Gasteiger partial charge >= 0.3 is 0 Å². The van der Waals surface area contributed by atoms with Crippen molar-refractivity contribution in [1.29, 1.82) is 0 Å². The molecule has 1 saturated heterocycles. The van der Waals surface area contributed by atoms with Crippen LogP contribution in [0.2, 0.25) is 0 Å². The SMILES string of the molecule is Cn1cnc2c(N3CCOC4(CC4O)C3)cccc21. The number of benzene rings is 1. The van der Waals surface area contributed by atoms with Gasteiger partial charge in [0.25, 0.3) is 0 Å². The van der Waals surface area contributed by atoms with Crippen LogP contribution in [-0.4, -0.2) is 46.1 Å². The summed E-state index contributed by atoms with van der Waals surface area (Å²) < 4.78 is 7.77. The second kappa shape index (κ2) is 3.71. The van der Waals surface area contributed by atoms with E-state index >= 15 is 0 Å². The van der Waals surface area contributed by atoms with Crippen molar-refractivity contribution >= 4 is 16.7 Å². The molecular weight excluding hydrogens is 242 g/mol. The third kappa shape index (κ3) is 1.58. The Morgan fingerprint density at radius 3 is 3.11 bits per heavy atom. The summed E-state index contributed by atoms with van der Waals surface area (Å²) in [6, 6.07) is 6.24. The lowest BCUT2D eigenvalue weighted by Crippen LogP contribution is -2.46. The number of para-hydroxylation sites is 1. The van der Waals surface area contributed by atoms with Crippen molar-refractivity contribution in [2.45, 2.75) is 18.1 Å². The van der Waals surface area contributed by atoms with Crippen LogP contribution in [0.3, 0.4) is 0 Å². The molecule has 19 heavy (non-hydrogen) atoms. The van der Waals surface area contributed by atoms with E-state index in [0.717, 1.165) is 36.2 Å². The molecule has 1 aliphatic carbocycles. The highest BCUT2D eigenvalue weighted by Gasteiger charge is 2.57. The first kappa shape index (κ1) is 11.3. The predicted molar refractivity (Wildman–Crippen MR) is 72.2 cm³/mol. The molecule has 100 valence electrons. The van der Waals surface area contributed by atoms with Crippen molar-refractivity contribution in [3.8, 4) is 0 Å². The fraction of sp³-hybridized carbons (Fsp3) is 0.500. The molecule has 1 aromatic heterocycles. The molecule has 5 heteroatoms. The van der Waals surface area contributed by atoms with Crippen LogP contribution in [0.5, 0.6) is 0 Å². The van der Waals surface area contributed by atoms with Gasteiger partial charge in [0.05, 0.1) is 30.2 Å². The van der Waals surface area contributed by atoms with E-state index in [-0.39, 0.29) is 11.7 Å². The summed E-state index contributed by atoms with van der Waals surface area (Å²) in [6.07, 6.45) is 2.29. The van der Waals surface area contributed by atoms with E-state index in [1.165, 1.54) is 0 Å². The minimum absolute atomic E-state index is 0.307. The van der Waals surface area contributed by atoms with Crippen LogP contribution in [0.15, 0.2) is 24.5 Å². The molecule has 2 heterocycles. The van der Waals surface area contributed by atoms with E-state index in [2.05, 4.69) is 28.1 Å². The summed E-state index contributed by atoms with van der Waals surface area (Å²) in [5.41, 5.74) is 2.97. The number of anilines is 1. The van der Waals surface area contributed by atoms with Gasteiger partial charge in [-0.3, -0.25) is 0 Å². The minimum atomic E-state index is -0.324. The third-order valence-corrected chi connectivity index (χ3v) is 4.27. The molecule has 1 aromatic carbocycles. The zero-order valence-electron chi connectivity index (χ0n) is 10.9. The summed E-state index contributed by atoms with van der Waals surface area (Å²) >= 11 is 0. The molecule has 2 aliphatic rings. The van der Waals surface area contributed by atoms with Gasteiger partial charge in [-0.05, 0) is 12.1 Å². The molecule has 1 N–H and O–H groups in total. The standard InChI is InChI=1S/C14H17N3O2/c1-16-9-15-13-10(16)3-2-4-11(13)17-5-6-19-14(8-17)7-12(14)18/h2-4,9,12,18H,5-8H2,1H3. The Morgan fingerprint density at radius 2 is 2.32 bits per heavy atom. The van der Waals surface area contributed by atoms with Crippen LogP contribution in [0.1, 0.15) is 6.42 Å². The molecule has 1 aliphatic heterocycles. The van der Waals surface area contributed by atoms with Crippen LogP contribution < -0.4 is 4.90 Å². The van der Waals surface area contributed by atoms with E-state index in [0.29, 0.717) is 6.61 Å². The average Bonchev–Trinajstić information content (AvgIpc) is 2.85. The number of fused-ring (bicyclic) bond motifs is 1. The first-order chi connectivity index (χ1) is 9.20. The third-order valence-electron chi connectivity index (χ3n) is 4.27. The highest BCUT2D eigenvalue weighted by Crippen LogP contribution is 2.43. The van der Waals surface area contributed by atoms with Crippen LogP contribution >= 0.6 is 0 Å². The number of imidazole rings is 1. The molecule has 5 nitrogen and oxygen atoms in total. The second-order valence-corrected chi connectivity index (χ2v) is 5.56. The fourth-order valence-corrected chi connectivity index (χ4v) is 3.00. The molecule has 0 amide bonds. The topological polar surface area (TPSA) is 50.5 Å². The maximum Gasteiger partial charge on any atom is 0.114 e. The van der Waals surface area contributed by atoms with Crippen LogP contribution in [0.25, 0.3) is 11.0 Å². The number of aryl methyl sites for hydroxylation is 1. The van der Waals surface area contributed by atoms with Gasteiger partial charge < -0.3 is 19.3 Å². The average molecular weight is 259 g/mol. The predicted octanol–water partition coefficient (Wildman–Crippen LogP) is 0.913. The Labute approximate surface area is 111 Å². The van der Waals surface area contributed by atoms with Gasteiger partial charge in [0.2, 0.25) is 0 Å². The van der Waals surface area contributed by atoms with Gasteiger partial charge in [-0.1, -0.05) is 6.07 Å². The van der Waals surface area contributed by atoms with Crippen LogP contribution in [0.4, 0.5) is 5.69 Å². The number of aromatic nitrogens is 2. The quantitative estimate of drug-likeness (QED) is 0.827. The summed E-state index contributed by atoms with van der Waals surface area (Å²) in [7, 11) is 2.00. The van der Waals surface area contributed by atoms with Gasteiger partial charge in [-0.2, -0.15) is 0 Å². The molecule has 2 fully saturated rings. The number of rotatable bonds is 1. The van der Waals surface area contributed by atoms with Crippen LogP contribution in [-0.2, 0) is 11.8 Å². The van der Waals surface area contributed by atoms with Gasteiger partial charge in [0.15, 0.2) is 0 Å². The van der Waals surface area contributed by atoms with Crippen molar-refractivity contribution in [2.24, 2.45) is 7.05 Å². The first-order valence-corrected chi connectivity index (χ1v) is 6.67. The summed E-state index contributed by atoms with van der Waals surface area (Å²) in [4.78, 5) is 6.79. The Kier molecular flexibility index (Phi) is 2.20. The smallest absolute Gasteiger partial charge is 0.114 e. The molecular formula is C14H17N3O2. The lowest BCUT2D eigenvalue weighted by Gasteiger charge is -2.35. The first-order valence-electron chi connectivity index (χ1n) is 6.67. The van der Waals surface area contributed by atoms with Crippen molar-refractivity contribution in [3.05, 3.63) is 24.5 Å². The maximum atomic E-state index is 9.75. The van der Waals surface area contributed by atoms with Crippen LogP contribution in [0, 0.1) is 0 Å². The molecule has 2 atom stereocenters. The molecule has 1 spiro atoms. The van der Waals surface area contributed by atoms with Crippen molar-refractivity contribution in [2.75, 3.05) is 24.6 Å². The molecule has 2 aromatic rings. The lowest BCUT2D eigenvalue weighted by molar-refractivity contribution is -0.0101. The number of aliphatic hydroxyl groups is 1.